The van der Waals surface area contributed by atoms with Crippen molar-refractivity contribution in [2.24, 2.45) is 0 Å². The van der Waals surface area contributed by atoms with Crippen LogP contribution in [0.3, 0.4) is 0 Å². The third kappa shape index (κ3) is 1.67. The van der Waals surface area contributed by atoms with Gasteiger partial charge >= 0.3 is 0 Å². The van der Waals surface area contributed by atoms with E-state index in [0.29, 0.717) is 18.4 Å². The molecule has 0 aromatic carbocycles. The topological polar surface area (TPSA) is 59.9 Å². The summed E-state index contributed by atoms with van der Waals surface area (Å²) in [6.45, 7) is 1.62. The molecule has 0 fully saturated rings. The number of aldehydes is 2. The Balaban J connectivity index is 3.21. The lowest BCUT2D eigenvalue weighted by Gasteiger charge is -1.93. The lowest BCUT2D eigenvalue weighted by Crippen LogP contribution is -1.97. The minimum Gasteiger partial charge on any atom is -0.296 e. The van der Waals surface area contributed by atoms with E-state index in [-0.39, 0.29) is 11.4 Å². The van der Waals surface area contributed by atoms with E-state index in [1.807, 2.05) is 0 Å². The molecule has 56 valence electrons. The van der Waals surface area contributed by atoms with Crippen molar-refractivity contribution in [3.05, 3.63) is 23.3 Å². The second-order valence-corrected chi connectivity index (χ2v) is 2.00. The van der Waals surface area contributed by atoms with Crippen LogP contribution < -0.4 is 0 Å². The Labute approximate surface area is 63.3 Å². The lowest BCUT2D eigenvalue weighted by atomic mass is 10.3. The van der Waals surface area contributed by atoms with Crippen molar-refractivity contribution in [1.29, 1.82) is 0 Å². The summed E-state index contributed by atoms with van der Waals surface area (Å²) in [5, 5.41) is 0. The average molecular weight is 150 g/mol. The number of hydrogen-bond acceptors (Lipinski definition) is 4. The van der Waals surface area contributed by atoms with E-state index in [4.69, 9.17) is 0 Å². The van der Waals surface area contributed by atoms with Gasteiger partial charge in [0.05, 0.1) is 0 Å². The molecule has 1 aromatic heterocycles. The van der Waals surface area contributed by atoms with Gasteiger partial charge in [0.2, 0.25) is 0 Å². The number of nitrogens with zero attached hydrogens (tertiary/aromatic N) is 2. The number of aromatic nitrogens is 2. The van der Waals surface area contributed by atoms with E-state index in [1.165, 1.54) is 6.07 Å². The largest absolute Gasteiger partial charge is 0.296 e. The molecule has 0 unspecified atom stereocenters. The van der Waals surface area contributed by atoms with Crippen LogP contribution in [0.1, 0.15) is 26.8 Å². The Morgan fingerprint density at radius 2 is 1.64 bits per heavy atom. The molecule has 1 heterocycles. The van der Waals surface area contributed by atoms with Crippen molar-refractivity contribution < 1.29 is 9.59 Å². The summed E-state index contributed by atoms with van der Waals surface area (Å²) in [5.74, 6) is 0.428. The van der Waals surface area contributed by atoms with Crippen LogP contribution in [-0.2, 0) is 0 Å². The molecule has 0 radical (unpaired) electrons. The van der Waals surface area contributed by atoms with Crippen molar-refractivity contribution in [2.75, 3.05) is 0 Å². The van der Waals surface area contributed by atoms with Crippen LogP contribution in [0.15, 0.2) is 6.07 Å². The normalized spacial score (nSPS) is 9.18. The minimum absolute atomic E-state index is 0.236. The van der Waals surface area contributed by atoms with Gasteiger partial charge < -0.3 is 0 Å². The molecule has 0 atom stereocenters. The Hall–Kier alpha value is -1.58. The molecular weight excluding hydrogens is 144 g/mol. The minimum atomic E-state index is 0.236. The molecule has 0 aliphatic heterocycles. The third-order valence-corrected chi connectivity index (χ3v) is 1.12. The lowest BCUT2D eigenvalue weighted by molar-refractivity contribution is 0.111. The van der Waals surface area contributed by atoms with Gasteiger partial charge in [0.1, 0.15) is 17.2 Å². The van der Waals surface area contributed by atoms with Crippen LogP contribution in [0.25, 0.3) is 0 Å². The zero-order chi connectivity index (χ0) is 8.27. The number of carbonyl (C=O) groups is 2. The van der Waals surface area contributed by atoms with E-state index < -0.39 is 0 Å². The summed E-state index contributed by atoms with van der Waals surface area (Å²) in [4.78, 5) is 28.0. The fourth-order valence-corrected chi connectivity index (χ4v) is 0.735. The first-order valence-corrected chi connectivity index (χ1v) is 3.02. The molecule has 0 saturated heterocycles. The van der Waals surface area contributed by atoms with Gasteiger partial charge in [0.25, 0.3) is 0 Å². The van der Waals surface area contributed by atoms with E-state index in [0.717, 1.165) is 0 Å². The first-order chi connectivity index (χ1) is 5.26. The van der Waals surface area contributed by atoms with Crippen LogP contribution in [0.2, 0.25) is 0 Å². The van der Waals surface area contributed by atoms with Crippen LogP contribution in [0, 0.1) is 6.92 Å². The number of carbonyl (C=O) groups excluding carboxylic acids is 2. The number of aryl methyl sites for hydroxylation is 1. The van der Waals surface area contributed by atoms with E-state index in [1.54, 1.807) is 6.92 Å². The summed E-state index contributed by atoms with van der Waals surface area (Å²) in [7, 11) is 0. The second kappa shape index (κ2) is 3.01. The van der Waals surface area contributed by atoms with Crippen molar-refractivity contribution in [2.45, 2.75) is 6.92 Å². The maximum absolute atomic E-state index is 10.2. The number of rotatable bonds is 2. The van der Waals surface area contributed by atoms with Crippen LogP contribution >= 0.6 is 0 Å². The highest BCUT2D eigenvalue weighted by Crippen LogP contribution is 1.95. The standard InChI is InChI=1S/C7H6N2O2/c1-5-8-6(3-10)2-7(4-11)9-5/h2-4H,1H3. The van der Waals surface area contributed by atoms with Gasteiger partial charge in [0.15, 0.2) is 12.6 Å². The van der Waals surface area contributed by atoms with Gasteiger partial charge in [-0.15, -0.1) is 0 Å². The molecule has 0 bridgehead atoms. The molecule has 0 amide bonds. The molecule has 4 nitrogen and oxygen atoms in total. The highest BCUT2D eigenvalue weighted by Gasteiger charge is 1.98. The molecule has 11 heavy (non-hydrogen) atoms. The summed E-state index contributed by atoms with van der Waals surface area (Å²) >= 11 is 0. The Bertz CT molecular complexity index is 270. The van der Waals surface area contributed by atoms with Gasteiger partial charge in [-0.25, -0.2) is 9.97 Å². The Kier molecular flexibility index (Phi) is 2.06. The Morgan fingerprint density at radius 1 is 1.18 bits per heavy atom. The maximum Gasteiger partial charge on any atom is 0.168 e. The molecule has 0 spiro atoms. The molecule has 0 aliphatic carbocycles. The van der Waals surface area contributed by atoms with Gasteiger partial charge in [0, 0.05) is 0 Å². The molecule has 0 N–H and O–H groups in total. The highest BCUT2D eigenvalue weighted by molar-refractivity contribution is 5.78. The summed E-state index contributed by atoms with van der Waals surface area (Å²) < 4.78 is 0. The summed E-state index contributed by atoms with van der Waals surface area (Å²) in [5.41, 5.74) is 0.471. The Morgan fingerprint density at radius 3 is 2.00 bits per heavy atom. The monoisotopic (exact) mass is 150 g/mol. The van der Waals surface area contributed by atoms with Gasteiger partial charge in [-0.05, 0) is 13.0 Å². The molecule has 1 rings (SSSR count). The van der Waals surface area contributed by atoms with Gasteiger partial charge in [-0.2, -0.15) is 0 Å². The highest BCUT2D eigenvalue weighted by atomic mass is 16.1. The molecule has 1 aromatic rings. The second-order valence-electron chi connectivity index (χ2n) is 2.00. The zero-order valence-corrected chi connectivity index (χ0v) is 5.94. The molecule has 0 saturated carbocycles. The zero-order valence-electron chi connectivity index (χ0n) is 5.94. The molecule has 4 heteroatoms. The van der Waals surface area contributed by atoms with E-state index >= 15 is 0 Å². The van der Waals surface area contributed by atoms with Gasteiger partial charge in [-0.3, -0.25) is 9.59 Å². The van der Waals surface area contributed by atoms with Crippen molar-refractivity contribution in [3.63, 3.8) is 0 Å². The number of hydrogen-bond donors (Lipinski definition) is 0. The first-order valence-electron chi connectivity index (χ1n) is 3.02. The predicted molar refractivity (Wildman–Crippen MR) is 37.5 cm³/mol. The van der Waals surface area contributed by atoms with E-state index in [9.17, 15) is 9.59 Å². The maximum atomic E-state index is 10.2. The van der Waals surface area contributed by atoms with Crippen molar-refractivity contribution >= 4 is 12.6 Å². The first kappa shape index (κ1) is 7.53. The van der Waals surface area contributed by atoms with E-state index in [2.05, 4.69) is 9.97 Å². The third-order valence-electron chi connectivity index (χ3n) is 1.12. The molecular formula is C7H6N2O2. The van der Waals surface area contributed by atoms with Crippen LogP contribution in [0.5, 0.6) is 0 Å². The SMILES string of the molecule is Cc1nc(C=O)cc(C=O)n1. The predicted octanol–water partition coefficient (Wildman–Crippen LogP) is 0.410. The van der Waals surface area contributed by atoms with Crippen LogP contribution in [0.4, 0.5) is 0 Å². The quantitative estimate of drug-likeness (QED) is 0.573. The summed E-state index contributed by atoms with van der Waals surface area (Å²) in [6.07, 6.45) is 1.17. The van der Waals surface area contributed by atoms with Gasteiger partial charge in [-0.1, -0.05) is 0 Å². The van der Waals surface area contributed by atoms with Crippen molar-refractivity contribution in [3.8, 4) is 0 Å². The molecule has 0 aliphatic rings. The average Bonchev–Trinajstić information content (AvgIpc) is 2.03. The fraction of sp³-hybridized carbons (Fsp3) is 0.143. The van der Waals surface area contributed by atoms with Crippen molar-refractivity contribution in [1.82, 2.24) is 9.97 Å². The summed E-state index contributed by atoms with van der Waals surface area (Å²) in [6, 6.07) is 1.34. The smallest absolute Gasteiger partial charge is 0.168 e. The fourth-order valence-electron chi connectivity index (χ4n) is 0.735. The van der Waals surface area contributed by atoms with Crippen LogP contribution in [-0.4, -0.2) is 22.5 Å².